The summed E-state index contributed by atoms with van der Waals surface area (Å²) in [6.07, 6.45) is 0. The molecule has 0 radical (unpaired) electrons. The third-order valence-electron chi connectivity index (χ3n) is 4.54. The molecule has 3 rings (SSSR count). The van der Waals surface area contributed by atoms with Crippen LogP contribution in [-0.2, 0) is 10.2 Å². The van der Waals surface area contributed by atoms with E-state index in [0.29, 0.717) is 22.8 Å². The fourth-order valence-electron chi connectivity index (χ4n) is 2.86. The van der Waals surface area contributed by atoms with E-state index in [9.17, 15) is 18.4 Å². The Kier molecular flexibility index (Phi) is 6.57. The van der Waals surface area contributed by atoms with E-state index in [1.54, 1.807) is 37.3 Å². The number of urea groups is 1. The largest absolute Gasteiger partial charge is 0.462 e. The van der Waals surface area contributed by atoms with Crippen molar-refractivity contribution < 1.29 is 23.1 Å². The van der Waals surface area contributed by atoms with Gasteiger partial charge in [-0.3, -0.25) is 5.32 Å². The Morgan fingerprint density at radius 2 is 1.75 bits per heavy atom. The summed E-state index contributed by atoms with van der Waals surface area (Å²) in [6.45, 7) is 7.90. The van der Waals surface area contributed by atoms with Crippen molar-refractivity contribution in [1.82, 2.24) is 9.78 Å². The van der Waals surface area contributed by atoms with Gasteiger partial charge < -0.3 is 10.1 Å². The second-order valence-electron chi connectivity index (χ2n) is 8.02. The first-order chi connectivity index (χ1) is 15.1. The number of benzene rings is 2. The number of hydrogen-bond acceptors (Lipinski definition) is 4. The minimum absolute atomic E-state index is 0.268. The predicted octanol–water partition coefficient (Wildman–Crippen LogP) is 5.27. The first-order valence-electron chi connectivity index (χ1n) is 10.00. The maximum Gasteiger partial charge on any atom is 0.338 e. The first-order valence-corrected chi connectivity index (χ1v) is 10.00. The van der Waals surface area contributed by atoms with E-state index in [0.717, 1.165) is 6.07 Å². The normalized spacial score (nSPS) is 11.2. The second-order valence-corrected chi connectivity index (χ2v) is 8.02. The summed E-state index contributed by atoms with van der Waals surface area (Å²) < 4.78 is 33.8. The molecule has 0 fully saturated rings. The van der Waals surface area contributed by atoms with Gasteiger partial charge >= 0.3 is 12.0 Å². The smallest absolute Gasteiger partial charge is 0.338 e. The van der Waals surface area contributed by atoms with E-state index >= 15 is 0 Å². The van der Waals surface area contributed by atoms with Crippen molar-refractivity contribution in [3.8, 4) is 5.69 Å². The number of anilines is 2. The van der Waals surface area contributed by atoms with Crippen LogP contribution in [0.3, 0.4) is 0 Å². The van der Waals surface area contributed by atoms with E-state index in [1.807, 2.05) is 20.8 Å². The Morgan fingerprint density at radius 3 is 2.38 bits per heavy atom. The summed E-state index contributed by atoms with van der Waals surface area (Å²) in [6, 6.07) is 11.0. The molecule has 0 bridgehead atoms. The van der Waals surface area contributed by atoms with Gasteiger partial charge in [0.2, 0.25) is 0 Å². The Bertz CT molecular complexity index is 1140. The Labute approximate surface area is 184 Å². The van der Waals surface area contributed by atoms with Crippen LogP contribution in [0.2, 0.25) is 0 Å². The molecule has 0 spiro atoms. The highest BCUT2D eigenvalue weighted by Gasteiger charge is 2.22. The molecule has 168 valence electrons. The molecular weight excluding hydrogens is 418 g/mol. The molecule has 2 amide bonds. The molecular formula is C23H24F2N4O3. The van der Waals surface area contributed by atoms with Crippen LogP contribution in [0.25, 0.3) is 5.69 Å². The number of halogens is 2. The number of carbonyl (C=O) groups is 2. The highest BCUT2D eigenvalue weighted by molar-refractivity contribution is 5.99. The molecule has 0 atom stereocenters. The Balaban J connectivity index is 1.90. The number of nitrogens with zero attached hydrogens (tertiary/aromatic N) is 2. The maximum absolute atomic E-state index is 13.9. The van der Waals surface area contributed by atoms with Gasteiger partial charge in [-0.05, 0) is 43.3 Å². The third-order valence-corrected chi connectivity index (χ3v) is 4.54. The zero-order valence-corrected chi connectivity index (χ0v) is 18.2. The highest BCUT2D eigenvalue weighted by Crippen LogP contribution is 2.27. The molecule has 0 saturated carbocycles. The van der Waals surface area contributed by atoms with E-state index in [2.05, 4.69) is 15.7 Å². The first kappa shape index (κ1) is 22.9. The van der Waals surface area contributed by atoms with Crippen LogP contribution in [0.5, 0.6) is 0 Å². The lowest BCUT2D eigenvalue weighted by Crippen LogP contribution is -2.22. The monoisotopic (exact) mass is 442 g/mol. The summed E-state index contributed by atoms with van der Waals surface area (Å²) in [7, 11) is 0. The van der Waals surface area contributed by atoms with Crippen LogP contribution < -0.4 is 10.6 Å². The number of esters is 1. The van der Waals surface area contributed by atoms with Gasteiger partial charge in [-0.25, -0.2) is 23.1 Å². The summed E-state index contributed by atoms with van der Waals surface area (Å²) >= 11 is 0. The molecule has 0 saturated heterocycles. The molecule has 0 aliphatic heterocycles. The molecule has 2 N–H and O–H groups in total. The van der Waals surface area contributed by atoms with Gasteiger partial charge in [-0.15, -0.1) is 0 Å². The van der Waals surface area contributed by atoms with Crippen LogP contribution in [0.15, 0.2) is 48.5 Å². The summed E-state index contributed by atoms with van der Waals surface area (Å²) in [5, 5.41) is 9.50. The quantitative estimate of drug-likeness (QED) is 0.527. The van der Waals surface area contributed by atoms with Crippen molar-refractivity contribution in [3.05, 3.63) is 71.4 Å². The van der Waals surface area contributed by atoms with E-state index in [4.69, 9.17) is 4.74 Å². The number of amides is 2. The molecule has 32 heavy (non-hydrogen) atoms. The summed E-state index contributed by atoms with van der Waals surface area (Å²) in [4.78, 5) is 24.4. The fraction of sp³-hybridized carbons (Fsp3) is 0.261. The average Bonchev–Trinajstić information content (AvgIpc) is 3.16. The standard InChI is InChI=1S/C23H24F2N4O3/c1-5-32-21(30)14-9-11-15(12-10-14)29-19(13-18(28-29)23(2,3)4)27-22(31)26-17-8-6-7-16(24)20(17)25/h6-13H,5H2,1-4H3,(H2,26,27,31). The molecule has 9 heteroatoms. The molecule has 2 aromatic carbocycles. The number of nitrogens with one attached hydrogen (secondary N) is 2. The average molecular weight is 442 g/mol. The molecule has 3 aromatic rings. The van der Waals surface area contributed by atoms with Crippen LogP contribution in [0, 0.1) is 11.6 Å². The number of ether oxygens (including phenoxy) is 1. The Hall–Kier alpha value is -3.75. The molecule has 0 unspecified atom stereocenters. The van der Waals surface area contributed by atoms with Crippen molar-refractivity contribution in [1.29, 1.82) is 0 Å². The van der Waals surface area contributed by atoms with Crippen LogP contribution in [0.1, 0.15) is 43.7 Å². The summed E-state index contributed by atoms with van der Waals surface area (Å²) in [5.41, 5.74) is 1.05. The van der Waals surface area contributed by atoms with Gasteiger partial charge in [0.05, 0.1) is 29.2 Å². The SMILES string of the molecule is CCOC(=O)c1ccc(-n2nc(C(C)(C)C)cc2NC(=O)Nc2cccc(F)c2F)cc1. The number of aromatic nitrogens is 2. The lowest BCUT2D eigenvalue weighted by Gasteiger charge is -2.14. The van der Waals surface area contributed by atoms with Crippen molar-refractivity contribution in [2.75, 3.05) is 17.2 Å². The van der Waals surface area contributed by atoms with Crippen molar-refractivity contribution in [3.63, 3.8) is 0 Å². The van der Waals surface area contributed by atoms with Gasteiger partial charge in [-0.2, -0.15) is 5.10 Å². The van der Waals surface area contributed by atoms with Crippen molar-refractivity contribution in [2.45, 2.75) is 33.1 Å². The number of rotatable bonds is 5. The van der Waals surface area contributed by atoms with Crippen LogP contribution in [0.4, 0.5) is 25.1 Å². The van der Waals surface area contributed by atoms with Crippen molar-refractivity contribution >= 4 is 23.5 Å². The number of carbonyl (C=O) groups excluding carboxylic acids is 2. The summed E-state index contributed by atoms with van der Waals surface area (Å²) in [5.74, 6) is -2.34. The van der Waals surface area contributed by atoms with Gasteiger partial charge in [0.1, 0.15) is 5.82 Å². The molecule has 1 heterocycles. The van der Waals surface area contributed by atoms with Gasteiger partial charge in [-0.1, -0.05) is 26.8 Å². The lowest BCUT2D eigenvalue weighted by molar-refractivity contribution is 0.0526. The van der Waals surface area contributed by atoms with E-state index in [-0.39, 0.29) is 17.7 Å². The third kappa shape index (κ3) is 5.11. The minimum atomic E-state index is -1.15. The predicted molar refractivity (Wildman–Crippen MR) is 117 cm³/mol. The molecule has 0 aliphatic carbocycles. The number of hydrogen-bond donors (Lipinski definition) is 2. The molecule has 0 aliphatic rings. The Morgan fingerprint density at radius 1 is 1.06 bits per heavy atom. The van der Waals surface area contributed by atoms with Crippen LogP contribution >= 0.6 is 0 Å². The zero-order valence-electron chi connectivity index (χ0n) is 18.2. The second kappa shape index (κ2) is 9.17. The highest BCUT2D eigenvalue weighted by atomic mass is 19.2. The maximum atomic E-state index is 13.9. The zero-order chi connectivity index (χ0) is 23.5. The molecule has 1 aromatic heterocycles. The van der Waals surface area contributed by atoms with Crippen molar-refractivity contribution in [2.24, 2.45) is 0 Å². The fourth-order valence-corrected chi connectivity index (χ4v) is 2.86. The molecule has 7 nitrogen and oxygen atoms in total. The lowest BCUT2D eigenvalue weighted by atomic mass is 9.92. The minimum Gasteiger partial charge on any atom is -0.462 e. The topological polar surface area (TPSA) is 85.2 Å². The van der Waals surface area contributed by atoms with Gasteiger partial charge in [0.15, 0.2) is 11.6 Å². The van der Waals surface area contributed by atoms with E-state index < -0.39 is 23.6 Å². The van der Waals surface area contributed by atoms with Gasteiger partial charge in [0.25, 0.3) is 0 Å². The van der Waals surface area contributed by atoms with Crippen LogP contribution in [-0.4, -0.2) is 28.4 Å². The van der Waals surface area contributed by atoms with E-state index in [1.165, 1.54) is 16.8 Å². The van der Waals surface area contributed by atoms with Gasteiger partial charge in [0, 0.05) is 11.5 Å².